The smallest absolute Gasteiger partial charge is 0.236 e. The van der Waals surface area contributed by atoms with Gasteiger partial charge in [0.05, 0.1) is 12.9 Å². The number of amides is 1. The first-order valence-corrected chi connectivity index (χ1v) is 11.6. The average Bonchev–Trinajstić information content (AvgIpc) is 3.32. The Balaban J connectivity index is 1.68. The van der Waals surface area contributed by atoms with Crippen LogP contribution in [0.5, 0.6) is 11.5 Å². The van der Waals surface area contributed by atoms with Crippen LogP contribution in [0.4, 0.5) is 5.13 Å². The van der Waals surface area contributed by atoms with E-state index in [1.54, 1.807) is 7.11 Å². The van der Waals surface area contributed by atoms with Crippen molar-refractivity contribution in [2.24, 2.45) is 5.92 Å². The number of thioether (sulfide) groups is 1. The molecule has 0 bridgehead atoms. The van der Waals surface area contributed by atoms with E-state index in [9.17, 15) is 4.79 Å². The van der Waals surface area contributed by atoms with E-state index in [1.807, 2.05) is 42.7 Å². The number of hydrogen-bond donors (Lipinski definition) is 1. The molecule has 0 fully saturated rings. The van der Waals surface area contributed by atoms with Crippen molar-refractivity contribution in [3.63, 3.8) is 0 Å². The number of aromatic nitrogens is 5. The topological polar surface area (TPSA) is 104 Å². The van der Waals surface area contributed by atoms with E-state index in [0.717, 1.165) is 17.3 Å². The van der Waals surface area contributed by atoms with Gasteiger partial charge in [-0.15, -0.1) is 20.4 Å². The molecule has 0 aliphatic carbocycles. The number of anilines is 1. The summed E-state index contributed by atoms with van der Waals surface area (Å²) in [6.45, 7) is 8.74. The van der Waals surface area contributed by atoms with Gasteiger partial charge in [-0.2, -0.15) is 0 Å². The van der Waals surface area contributed by atoms with Gasteiger partial charge in [0, 0.05) is 6.54 Å². The van der Waals surface area contributed by atoms with E-state index in [2.05, 4.69) is 39.6 Å². The van der Waals surface area contributed by atoms with Gasteiger partial charge in [0.2, 0.25) is 11.0 Å². The third kappa shape index (κ3) is 6.41. The van der Waals surface area contributed by atoms with Crippen molar-refractivity contribution in [2.45, 2.75) is 45.5 Å². The fraction of sp³-hybridized carbons (Fsp3) is 0.450. The monoisotopic (exact) mass is 462 g/mol. The summed E-state index contributed by atoms with van der Waals surface area (Å²) < 4.78 is 13.3. The summed E-state index contributed by atoms with van der Waals surface area (Å²) in [5.41, 5.74) is 0. The minimum Gasteiger partial charge on any atom is -0.497 e. The average molecular weight is 463 g/mol. The fourth-order valence-corrected chi connectivity index (χ4v) is 4.15. The summed E-state index contributed by atoms with van der Waals surface area (Å²) in [4.78, 5) is 12.3. The van der Waals surface area contributed by atoms with Crippen LogP contribution in [0.1, 0.15) is 37.7 Å². The fourth-order valence-electron chi connectivity index (χ4n) is 2.79. The lowest BCUT2D eigenvalue weighted by atomic mass is 10.2. The molecule has 1 amide bonds. The van der Waals surface area contributed by atoms with Gasteiger partial charge in [-0.3, -0.25) is 10.1 Å². The molecule has 2 aromatic heterocycles. The second-order valence-corrected chi connectivity index (χ2v) is 9.37. The number of benzene rings is 1. The van der Waals surface area contributed by atoms with Crippen LogP contribution in [0.25, 0.3) is 0 Å². The summed E-state index contributed by atoms with van der Waals surface area (Å²) in [6.07, 6.45) is -0.313. The quantitative estimate of drug-likeness (QED) is 0.451. The second-order valence-electron chi connectivity index (χ2n) is 7.24. The third-order valence-corrected chi connectivity index (χ3v) is 5.85. The maximum atomic E-state index is 12.3. The molecule has 1 N–H and O–H groups in total. The predicted octanol–water partition coefficient (Wildman–Crippen LogP) is 3.97. The van der Waals surface area contributed by atoms with Crippen LogP contribution in [0.2, 0.25) is 0 Å². The Bertz CT molecular complexity index is 1000. The molecule has 3 rings (SSSR count). The number of nitrogens with zero attached hydrogens (tertiary/aromatic N) is 5. The maximum Gasteiger partial charge on any atom is 0.236 e. The molecule has 11 heteroatoms. The van der Waals surface area contributed by atoms with Crippen molar-refractivity contribution >= 4 is 34.1 Å². The van der Waals surface area contributed by atoms with E-state index >= 15 is 0 Å². The van der Waals surface area contributed by atoms with E-state index in [4.69, 9.17) is 9.47 Å². The molecule has 0 aliphatic rings. The van der Waals surface area contributed by atoms with Crippen LogP contribution in [0.3, 0.4) is 0 Å². The molecule has 1 unspecified atom stereocenters. The first kappa shape index (κ1) is 23.0. The van der Waals surface area contributed by atoms with Crippen molar-refractivity contribution in [2.75, 3.05) is 18.2 Å². The van der Waals surface area contributed by atoms with Gasteiger partial charge < -0.3 is 14.0 Å². The summed E-state index contributed by atoms with van der Waals surface area (Å²) >= 11 is 2.67. The molecule has 0 saturated carbocycles. The molecule has 2 heterocycles. The molecule has 0 aliphatic heterocycles. The van der Waals surface area contributed by atoms with Gasteiger partial charge in [-0.05, 0) is 44.0 Å². The highest BCUT2D eigenvalue weighted by atomic mass is 32.2. The van der Waals surface area contributed by atoms with Gasteiger partial charge >= 0.3 is 0 Å². The SMILES string of the molecule is COc1ccc(OC(C)c2nnc(SCC(=O)Nc3nnc(C)s3)n2CC(C)C)cc1. The predicted molar refractivity (Wildman–Crippen MR) is 121 cm³/mol. The van der Waals surface area contributed by atoms with Crippen LogP contribution in [0.15, 0.2) is 29.4 Å². The number of nitrogens with one attached hydrogen (secondary N) is 1. The summed E-state index contributed by atoms with van der Waals surface area (Å²) in [5.74, 6) is 2.61. The van der Waals surface area contributed by atoms with E-state index in [1.165, 1.54) is 23.1 Å². The van der Waals surface area contributed by atoms with Gasteiger partial charge in [-0.1, -0.05) is 36.9 Å². The van der Waals surface area contributed by atoms with Crippen LogP contribution in [0, 0.1) is 12.8 Å². The summed E-state index contributed by atoms with van der Waals surface area (Å²) in [5, 5.41) is 21.2. The van der Waals surface area contributed by atoms with Crippen LogP contribution < -0.4 is 14.8 Å². The Morgan fingerprint density at radius 3 is 2.45 bits per heavy atom. The minimum atomic E-state index is -0.313. The van der Waals surface area contributed by atoms with Gasteiger partial charge in [0.25, 0.3) is 0 Å². The third-order valence-electron chi connectivity index (χ3n) is 4.13. The maximum absolute atomic E-state index is 12.3. The number of carbonyl (C=O) groups excluding carboxylic acids is 1. The van der Waals surface area contributed by atoms with Gasteiger partial charge in [0.15, 0.2) is 17.1 Å². The largest absolute Gasteiger partial charge is 0.497 e. The lowest BCUT2D eigenvalue weighted by Gasteiger charge is -2.18. The highest BCUT2D eigenvalue weighted by Crippen LogP contribution is 2.27. The summed E-state index contributed by atoms with van der Waals surface area (Å²) in [6, 6.07) is 7.40. The zero-order valence-electron chi connectivity index (χ0n) is 18.2. The molecule has 1 aromatic carbocycles. The molecule has 166 valence electrons. The molecule has 31 heavy (non-hydrogen) atoms. The van der Waals surface area contributed by atoms with Gasteiger partial charge in [-0.25, -0.2) is 0 Å². The standard InChI is InChI=1S/C20H26N6O3S2/c1-12(2)10-26-18(13(3)29-16-8-6-15(28-5)7-9-16)23-25-20(26)30-11-17(27)21-19-24-22-14(4)31-19/h6-9,12-13H,10-11H2,1-5H3,(H,21,24,27). The molecule has 3 aromatic rings. The molecule has 9 nitrogen and oxygen atoms in total. The Kier molecular flexibility index (Phi) is 7.85. The number of ether oxygens (including phenoxy) is 2. The lowest BCUT2D eigenvalue weighted by Crippen LogP contribution is -2.17. The zero-order chi connectivity index (χ0) is 22.4. The number of rotatable bonds is 10. The number of methoxy groups -OCH3 is 1. The molecule has 0 saturated heterocycles. The summed E-state index contributed by atoms with van der Waals surface area (Å²) in [7, 11) is 1.63. The molecule has 0 spiro atoms. The Morgan fingerprint density at radius 2 is 1.84 bits per heavy atom. The molecular formula is C20H26N6O3S2. The van der Waals surface area contributed by atoms with Crippen molar-refractivity contribution < 1.29 is 14.3 Å². The van der Waals surface area contributed by atoms with Crippen LogP contribution in [-0.2, 0) is 11.3 Å². The zero-order valence-corrected chi connectivity index (χ0v) is 19.8. The van der Waals surface area contributed by atoms with Gasteiger partial charge in [0.1, 0.15) is 16.5 Å². The lowest BCUT2D eigenvalue weighted by molar-refractivity contribution is -0.113. The second kappa shape index (κ2) is 10.6. The normalized spacial score (nSPS) is 12.1. The van der Waals surface area contributed by atoms with E-state index < -0.39 is 0 Å². The Hall–Kier alpha value is -2.66. The van der Waals surface area contributed by atoms with Crippen LogP contribution >= 0.6 is 23.1 Å². The first-order valence-electron chi connectivity index (χ1n) is 9.82. The van der Waals surface area contributed by atoms with E-state index in [0.29, 0.717) is 27.8 Å². The highest BCUT2D eigenvalue weighted by Gasteiger charge is 2.21. The highest BCUT2D eigenvalue weighted by molar-refractivity contribution is 7.99. The Labute approximate surface area is 189 Å². The number of aryl methyl sites for hydroxylation is 1. The van der Waals surface area contributed by atoms with Crippen molar-refractivity contribution in [1.29, 1.82) is 0 Å². The first-order chi connectivity index (χ1) is 14.9. The minimum absolute atomic E-state index is 0.163. The van der Waals surface area contributed by atoms with Crippen LogP contribution in [-0.4, -0.2) is 43.7 Å². The molecule has 0 radical (unpaired) electrons. The molecule has 1 atom stereocenters. The van der Waals surface area contributed by atoms with E-state index in [-0.39, 0.29) is 17.8 Å². The van der Waals surface area contributed by atoms with Crippen molar-refractivity contribution in [3.8, 4) is 11.5 Å². The Morgan fingerprint density at radius 1 is 1.13 bits per heavy atom. The number of hydrogen-bond acceptors (Lipinski definition) is 9. The van der Waals surface area contributed by atoms with Crippen molar-refractivity contribution in [1.82, 2.24) is 25.0 Å². The number of carbonyl (C=O) groups is 1. The molecular weight excluding hydrogens is 436 g/mol. The van der Waals surface area contributed by atoms with Crippen molar-refractivity contribution in [3.05, 3.63) is 35.1 Å².